The first-order valence-electron chi connectivity index (χ1n) is 7.82. The molecule has 23 heavy (non-hydrogen) atoms. The molecule has 128 valence electrons. The van der Waals surface area contributed by atoms with Crippen molar-refractivity contribution < 1.29 is 24.1 Å². The summed E-state index contributed by atoms with van der Waals surface area (Å²) < 4.78 is 24.0. The zero-order chi connectivity index (χ0) is 16.4. The average molecular weight is 327 g/mol. The van der Waals surface area contributed by atoms with E-state index in [9.17, 15) is 9.50 Å². The SMILES string of the molecule is COc1nc(N2CCC3(CC2)[C@@H](O)C[C@H]3OCCO)ncc1F. The number of nitrogens with zero attached hydrogens (tertiary/aromatic N) is 3. The molecule has 7 nitrogen and oxygen atoms in total. The van der Waals surface area contributed by atoms with Crippen LogP contribution in [-0.4, -0.2) is 65.8 Å². The molecule has 0 amide bonds. The van der Waals surface area contributed by atoms with Crippen LogP contribution in [0.4, 0.5) is 10.3 Å². The summed E-state index contributed by atoms with van der Waals surface area (Å²) in [5.74, 6) is -0.223. The van der Waals surface area contributed by atoms with E-state index in [-0.39, 0.29) is 30.1 Å². The Morgan fingerprint density at radius 3 is 2.78 bits per heavy atom. The summed E-state index contributed by atoms with van der Waals surface area (Å²) >= 11 is 0. The summed E-state index contributed by atoms with van der Waals surface area (Å²) in [5, 5.41) is 19.1. The summed E-state index contributed by atoms with van der Waals surface area (Å²) in [7, 11) is 1.37. The van der Waals surface area contributed by atoms with E-state index in [2.05, 4.69) is 9.97 Å². The zero-order valence-corrected chi connectivity index (χ0v) is 13.1. The first kappa shape index (κ1) is 16.4. The number of ether oxygens (including phenoxy) is 2. The van der Waals surface area contributed by atoms with Crippen LogP contribution in [0.3, 0.4) is 0 Å². The van der Waals surface area contributed by atoms with E-state index in [4.69, 9.17) is 14.6 Å². The monoisotopic (exact) mass is 327 g/mol. The molecule has 0 bridgehead atoms. The summed E-state index contributed by atoms with van der Waals surface area (Å²) in [6.07, 6.45) is 2.81. The highest BCUT2D eigenvalue weighted by Gasteiger charge is 2.56. The number of methoxy groups -OCH3 is 1. The molecule has 2 heterocycles. The van der Waals surface area contributed by atoms with E-state index in [0.29, 0.717) is 32.1 Å². The molecule has 8 heteroatoms. The summed E-state index contributed by atoms with van der Waals surface area (Å²) in [6, 6.07) is 0. The van der Waals surface area contributed by atoms with Crippen molar-refractivity contribution >= 4 is 5.95 Å². The smallest absolute Gasteiger partial charge is 0.255 e. The molecule has 1 aliphatic heterocycles. The van der Waals surface area contributed by atoms with E-state index in [1.807, 2.05) is 4.90 Å². The van der Waals surface area contributed by atoms with Gasteiger partial charge in [0.2, 0.25) is 11.8 Å². The predicted octanol–water partition coefficient (Wildman–Crippen LogP) is 0.353. The molecule has 1 aliphatic carbocycles. The Labute approximate surface area is 134 Å². The van der Waals surface area contributed by atoms with Gasteiger partial charge in [-0.2, -0.15) is 9.37 Å². The zero-order valence-electron chi connectivity index (χ0n) is 13.1. The lowest BCUT2D eigenvalue weighted by Gasteiger charge is -2.56. The second kappa shape index (κ2) is 6.54. The van der Waals surface area contributed by atoms with Crippen molar-refractivity contribution in [2.24, 2.45) is 5.41 Å². The molecule has 0 radical (unpaired) electrons. The summed E-state index contributed by atoms with van der Waals surface area (Å²) in [6.45, 7) is 1.59. The molecule has 3 rings (SSSR count). The molecule has 0 unspecified atom stereocenters. The quantitative estimate of drug-likeness (QED) is 0.807. The number of piperidine rings is 1. The molecular weight excluding hydrogens is 305 g/mol. The highest BCUT2D eigenvalue weighted by atomic mass is 19.1. The van der Waals surface area contributed by atoms with Gasteiger partial charge in [0.1, 0.15) is 0 Å². The van der Waals surface area contributed by atoms with Gasteiger partial charge >= 0.3 is 0 Å². The summed E-state index contributed by atoms with van der Waals surface area (Å²) in [5.41, 5.74) is -0.254. The molecule has 0 aromatic carbocycles. The van der Waals surface area contributed by atoms with Gasteiger partial charge in [0.05, 0.1) is 38.7 Å². The molecule has 2 fully saturated rings. The number of aliphatic hydroxyl groups excluding tert-OH is 2. The van der Waals surface area contributed by atoms with Gasteiger partial charge in [0, 0.05) is 24.9 Å². The number of halogens is 1. The van der Waals surface area contributed by atoms with E-state index < -0.39 is 5.82 Å². The van der Waals surface area contributed by atoms with Crippen LogP contribution >= 0.6 is 0 Å². The minimum absolute atomic E-state index is 0.0159. The largest absolute Gasteiger partial charge is 0.479 e. The van der Waals surface area contributed by atoms with Gasteiger partial charge in [-0.25, -0.2) is 4.98 Å². The second-order valence-corrected chi connectivity index (χ2v) is 6.08. The first-order chi connectivity index (χ1) is 11.1. The van der Waals surface area contributed by atoms with Gasteiger partial charge < -0.3 is 24.6 Å². The number of anilines is 1. The van der Waals surface area contributed by atoms with Crippen LogP contribution in [0.15, 0.2) is 6.20 Å². The number of aromatic nitrogens is 2. The number of rotatable bonds is 5. The van der Waals surface area contributed by atoms with Crippen LogP contribution in [0.25, 0.3) is 0 Å². The van der Waals surface area contributed by atoms with Crippen molar-refractivity contribution in [3.63, 3.8) is 0 Å². The lowest BCUT2D eigenvalue weighted by Crippen LogP contribution is -2.62. The van der Waals surface area contributed by atoms with E-state index >= 15 is 0 Å². The number of hydrogen-bond donors (Lipinski definition) is 2. The van der Waals surface area contributed by atoms with Crippen LogP contribution in [0.5, 0.6) is 5.88 Å². The van der Waals surface area contributed by atoms with Crippen molar-refractivity contribution in [3.8, 4) is 5.88 Å². The van der Waals surface area contributed by atoms with Gasteiger partial charge in [-0.05, 0) is 12.8 Å². The molecule has 2 atom stereocenters. The van der Waals surface area contributed by atoms with Crippen molar-refractivity contribution in [1.82, 2.24) is 9.97 Å². The number of hydrogen-bond acceptors (Lipinski definition) is 7. The molecule has 1 aromatic heterocycles. The molecule has 1 saturated carbocycles. The number of aliphatic hydroxyl groups is 2. The van der Waals surface area contributed by atoms with Gasteiger partial charge in [-0.15, -0.1) is 0 Å². The Morgan fingerprint density at radius 1 is 1.43 bits per heavy atom. The Morgan fingerprint density at radius 2 is 2.17 bits per heavy atom. The van der Waals surface area contributed by atoms with Crippen LogP contribution in [-0.2, 0) is 4.74 Å². The Hall–Kier alpha value is -1.51. The maximum Gasteiger partial charge on any atom is 0.255 e. The maximum absolute atomic E-state index is 13.4. The molecule has 1 spiro atoms. The lowest BCUT2D eigenvalue weighted by atomic mass is 9.58. The molecular formula is C15H22FN3O4. The second-order valence-electron chi connectivity index (χ2n) is 6.08. The van der Waals surface area contributed by atoms with Crippen LogP contribution in [0.2, 0.25) is 0 Å². The van der Waals surface area contributed by atoms with Gasteiger partial charge in [-0.1, -0.05) is 0 Å². The Balaban J connectivity index is 1.66. The fourth-order valence-corrected chi connectivity index (χ4v) is 3.57. The Bertz CT molecular complexity index is 552. The van der Waals surface area contributed by atoms with Crippen LogP contribution in [0.1, 0.15) is 19.3 Å². The molecule has 2 aliphatic rings. The third-order valence-electron chi connectivity index (χ3n) is 5.02. The van der Waals surface area contributed by atoms with Crippen molar-refractivity contribution in [3.05, 3.63) is 12.0 Å². The van der Waals surface area contributed by atoms with Crippen LogP contribution in [0, 0.1) is 11.2 Å². The highest BCUT2D eigenvalue weighted by Crippen LogP contribution is 2.51. The fraction of sp³-hybridized carbons (Fsp3) is 0.733. The van der Waals surface area contributed by atoms with Crippen molar-refractivity contribution in [1.29, 1.82) is 0 Å². The van der Waals surface area contributed by atoms with Gasteiger partial charge in [0.25, 0.3) is 5.88 Å². The molecule has 2 N–H and O–H groups in total. The predicted molar refractivity (Wildman–Crippen MR) is 79.9 cm³/mol. The standard InChI is InChI=1S/C15H22FN3O4/c1-22-13-10(16)9-17-14(18-13)19-4-2-15(3-5-19)11(21)8-12(15)23-7-6-20/h9,11-12,20-21H,2-8H2,1H3/t11-,12+/m0/s1. The molecule has 1 saturated heterocycles. The first-order valence-corrected chi connectivity index (χ1v) is 7.82. The van der Waals surface area contributed by atoms with Crippen molar-refractivity contribution in [2.75, 3.05) is 38.3 Å². The maximum atomic E-state index is 13.4. The van der Waals surface area contributed by atoms with Gasteiger partial charge in [-0.3, -0.25) is 0 Å². The third kappa shape index (κ3) is 2.86. The normalized spacial score (nSPS) is 26.2. The molecule has 1 aromatic rings. The lowest BCUT2D eigenvalue weighted by molar-refractivity contribution is -0.203. The average Bonchev–Trinajstić information content (AvgIpc) is 2.59. The topological polar surface area (TPSA) is 87.9 Å². The van der Waals surface area contributed by atoms with E-state index in [1.165, 1.54) is 7.11 Å². The fourth-order valence-electron chi connectivity index (χ4n) is 3.57. The van der Waals surface area contributed by atoms with Crippen LogP contribution < -0.4 is 9.64 Å². The van der Waals surface area contributed by atoms with E-state index in [1.54, 1.807) is 0 Å². The third-order valence-corrected chi connectivity index (χ3v) is 5.02. The Kier molecular flexibility index (Phi) is 4.65. The van der Waals surface area contributed by atoms with E-state index in [0.717, 1.165) is 19.0 Å². The highest BCUT2D eigenvalue weighted by molar-refractivity contribution is 5.34. The van der Waals surface area contributed by atoms with Gasteiger partial charge in [0.15, 0.2) is 0 Å². The minimum atomic E-state index is -0.586. The summed E-state index contributed by atoms with van der Waals surface area (Å²) in [4.78, 5) is 10.1. The van der Waals surface area contributed by atoms with Crippen molar-refractivity contribution in [2.45, 2.75) is 31.5 Å². The minimum Gasteiger partial charge on any atom is -0.479 e.